The molecule has 0 atom stereocenters. The van der Waals surface area contributed by atoms with Gasteiger partial charge in [-0.25, -0.2) is 8.42 Å². The van der Waals surface area contributed by atoms with E-state index in [2.05, 4.69) is 27.9 Å². The standard InChI is InChI=1S/C20H23IN2O3S/c1-15-7-5-10-18(19(15)21)20(24)22-14-16-8-6-9-17(13-16)27(25,26)23-11-3-2-4-12-23/h5-10,13H,2-4,11-12,14H2,1H3,(H,22,24). The Morgan fingerprint density at radius 1 is 1.11 bits per heavy atom. The monoisotopic (exact) mass is 498 g/mol. The number of piperidine rings is 1. The summed E-state index contributed by atoms with van der Waals surface area (Å²) in [6, 6.07) is 12.5. The van der Waals surface area contributed by atoms with E-state index < -0.39 is 10.0 Å². The molecule has 2 aromatic carbocycles. The second-order valence-corrected chi connectivity index (χ2v) is 9.75. The lowest BCUT2D eigenvalue weighted by Crippen LogP contribution is -2.35. The van der Waals surface area contributed by atoms with Crippen molar-refractivity contribution in [3.63, 3.8) is 0 Å². The summed E-state index contributed by atoms with van der Waals surface area (Å²) in [7, 11) is -3.47. The van der Waals surface area contributed by atoms with E-state index in [-0.39, 0.29) is 12.5 Å². The maximum absolute atomic E-state index is 12.8. The van der Waals surface area contributed by atoms with Crippen LogP contribution in [0.5, 0.6) is 0 Å². The number of aryl methyl sites for hydroxylation is 1. The molecule has 7 heteroatoms. The first-order valence-corrected chi connectivity index (χ1v) is 11.5. The molecule has 0 aliphatic carbocycles. The van der Waals surface area contributed by atoms with Gasteiger partial charge in [-0.15, -0.1) is 0 Å². The fourth-order valence-corrected chi connectivity index (χ4v) is 5.36. The van der Waals surface area contributed by atoms with Crippen LogP contribution in [0.3, 0.4) is 0 Å². The minimum absolute atomic E-state index is 0.160. The Balaban J connectivity index is 1.72. The quantitative estimate of drug-likeness (QED) is 0.640. The van der Waals surface area contributed by atoms with E-state index >= 15 is 0 Å². The van der Waals surface area contributed by atoms with Gasteiger partial charge >= 0.3 is 0 Å². The molecule has 1 N–H and O–H groups in total. The maximum Gasteiger partial charge on any atom is 0.252 e. The highest BCUT2D eigenvalue weighted by Crippen LogP contribution is 2.21. The predicted octanol–water partition coefficient (Wildman–Crippen LogP) is 3.70. The Hall–Kier alpha value is -1.45. The summed E-state index contributed by atoms with van der Waals surface area (Å²) in [5, 5.41) is 2.89. The van der Waals surface area contributed by atoms with Crippen LogP contribution in [0.15, 0.2) is 47.4 Å². The van der Waals surface area contributed by atoms with Gasteiger partial charge in [0.1, 0.15) is 0 Å². The minimum Gasteiger partial charge on any atom is -0.348 e. The van der Waals surface area contributed by atoms with E-state index in [0.717, 1.165) is 34.0 Å². The molecule has 1 aliphatic rings. The number of benzene rings is 2. The Morgan fingerprint density at radius 3 is 2.56 bits per heavy atom. The van der Waals surface area contributed by atoms with Gasteiger partial charge in [0, 0.05) is 23.2 Å². The third-order valence-corrected chi connectivity index (χ3v) is 8.07. The average molecular weight is 498 g/mol. The number of nitrogens with zero attached hydrogens (tertiary/aromatic N) is 1. The Labute approximate surface area is 174 Å². The van der Waals surface area contributed by atoms with E-state index in [1.54, 1.807) is 28.6 Å². The molecule has 0 spiro atoms. The average Bonchev–Trinajstić information content (AvgIpc) is 2.69. The molecule has 1 aliphatic heterocycles. The van der Waals surface area contributed by atoms with Crippen molar-refractivity contribution in [2.75, 3.05) is 13.1 Å². The number of hydrogen-bond donors (Lipinski definition) is 1. The normalized spacial score (nSPS) is 15.5. The van der Waals surface area contributed by atoms with E-state index in [9.17, 15) is 13.2 Å². The zero-order chi connectivity index (χ0) is 19.4. The molecule has 0 aromatic heterocycles. The number of nitrogens with one attached hydrogen (secondary N) is 1. The van der Waals surface area contributed by atoms with Crippen molar-refractivity contribution < 1.29 is 13.2 Å². The first kappa shape index (κ1) is 20.3. The van der Waals surface area contributed by atoms with Gasteiger partial charge in [-0.3, -0.25) is 4.79 Å². The molecule has 0 radical (unpaired) electrons. The van der Waals surface area contributed by atoms with Crippen LogP contribution in [0.1, 0.15) is 40.7 Å². The van der Waals surface area contributed by atoms with Crippen molar-refractivity contribution in [2.45, 2.75) is 37.6 Å². The molecule has 0 unspecified atom stereocenters. The Kier molecular flexibility index (Phi) is 6.54. The molecule has 0 saturated carbocycles. The number of carbonyl (C=O) groups is 1. The largest absolute Gasteiger partial charge is 0.348 e. The lowest BCUT2D eigenvalue weighted by Gasteiger charge is -2.26. The number of halogens is 1. The van der Waals surface area contributed by atoms with Crippen molar-refractivity contribution >= 4 is 38.5 Å². The molecule has 1 amide bonds. The van der Waals surface area contributed by atoms with Gasteiger partial charge in [0.25, 0.3) is 5.91 Å². The van der Waals surface area contributed by atoms with Gasteiger partial charge in [-0.1, -0.05) is 30.7 Å². The smallest absolute Gasteiger partial charge is 0.252 e. The van der Waals surface area contributed by atoms with Crippen molar-refractivity contribution in [1.82, 2.24) is 9.62 Å². The molecule has 27 heavy (non-hydrogen) atoms. The Morgan fingerprint density at radius 2 is 1.81 bits per heavy atom. The number of hydrogen-bond acceptors (Lipinski definition) is 3. The highest BCUT2D eigenvalue weighted by Gasteiger charge is 2.26. The molecule has 1 heterocycles. The maximum atomic E-state index is 12.8. The second-order valence-electron chi connectivity index (χ2n) is 6.73. The highest BCUT2D eigenvalue weighted by molar-refractivity contribution is 14.1. The molecular weight excluding hydrogens is 475 g/mol. The van der Waals surface area contributed by atoms with Crippen molar-refractivity contribution in [3.8, 4) is 0 Å². The zero-order valence-corrected chi connectivity index (χ0v) is 18.2. The number of rotatable bonds is 5. The summed E-state index contributed by atoms with van der Waals surface area (Å²) in [6.45, 7) is 3.41. The van der Waals surface area contributed by atoms with Gasteiger partial charge in [-0.2, -0.15) is 4.31 Å². The van der Waals surface area contributed by atoms with E-state index in [1.165, 1.54) is 0 Å². The third-order valence-electron chi connectivity index (χ3n) is 4.74. The van der Waals surface area contributed by atoms with Gasteiger partial charge in [0.05, 0.1) is 10.5 Å². The van der Waals surface area contributed by atoms with E-state index in [1.807, 2.05) is 25.1 Å². The van der Waals surface area contributed by atoms with Crippen LogP contribution in [0.25, 0.3) is 0 Å². The van der Waals surface area contributed by atoms with Crippen molar-refractivity contribution in [3.05, 3.63) is 62.7 Å². The van der Waals surface area contributed by atoms with Crippen molar-refractivity contribution in [1.29, 1.82) is 0 Å². The molecule has 1 saturated heterocycles. The number of carbonyl (C=O) groups excluding carboxylic acids is 1. The fourth-order valence-electron chi connectivity index (χ4n) is 3.17. The van der Waals surface area contributed by atoms with Gasteiger partial charge in [-0.05, 0) is 71.7 Å². The summed E-state index contributed by atoms with van der Waals surface area (Å²) in [6.07, 6.45) is 2.89. The van der Waals surface area contributed by atoms with Gasteiger partial charge in [0.15, 0.2) is 0 Å². The molecule has 3 rings (SSSR count). The summed E-state index contributed by atoms with van der Waals surface area (Å²) in [5.74, 6) is -0.160. The van der Waals surface area contributed by atoms with Crippen molar-refractivity contribution in [2.24, 2.45) is 0 Å². The SMILES string of the molecule is Cc1cccc(C(=O)NCc2cccc(S(=O)(=O)N3CCCCC3)c2)c1I. The van der Waals surface area contributed by atoms with Crippen LogP contribution >= 0.6 is 22.6 Å². The minimum atomic E-state index is -3.47. The first-order chi connectivity index (χ1) is 12.9. The lowest BCUT2D eigenvalue weighted by atomic mass is 10.1. The second kappa shape index (κ2) is 8.70. The third kappa shape index (κ3) is 4.70. The molecule has 144 valence electrons. The number of amides is 1. The molecule has 2 aromatic rings. The first-order valence-electron chi connectivity index (χ1n) is 9.02. The van der Waals surface area contributed by atoms with Crippen LogP contribution in [0, 0.1) is 10.5 Å². The van der Waals surface area contributed by atoms with Crippen LogP contribution in [0.4, 0.5) is 0 Å². The van der Waals surface area contributed by atoms with Crippen LogP contribution in [-0.4, -0.2) is 31.7 Å². The summed E-state index contributed by atoms with van der Waals surface area (Å²) in [4.78, 5) is 12.8. The molecular formula is C20H23IN2O3S. The van der Waals surface area contributed by atoms with Gasteiger partial charge in [0.2, 0.25) is 10.0 Å². The molecule has 5 nitrogen and oxygen atoms in total. The van der Waals surface area contributed by atoms with Crippen LogP contribution in [0.2, 0.25) is 0 Å². The summed E-state index contributed by atoms with van der Waals surface area (Å²) < 4.78 is 28.1. The highest BCUT2D eigenvalue weighted by atomic mass is 127. The van der Waals surface area contributed by atoms with E-state index in [4.69, 9.17) is 0 Å². The lowest BCUT2D eigenvalue weighted by molar-refractivity contribution is 0.0950. The molecule has 1 fully saturated rings. The summed E-state index contributed by atoms with van der Waals surface area (Å²) in [5.41, 5.74) is 2.45. The zero-order valence-electron chi connectivity index (χ0n) is 15.2. The topological polar surface area (TPSA) is 66.5 Å². The van der Waals surface area contributed by atoms with Gasteiger partial charge < -0.3 is 5.32 Å². The predicted molar refractivity (Wildman–Crippen MR) is 114 cm³/mol. The fraction of sp³-hybridized carbons (Fsp3) is 0.350. The number of sulfonamides is 1. The Bertz CT molecular complexity index is 938. The van der Waals surface area contributed by atoms with Crippen LogP contribution < -0.4 is 5.32 Å². The summed E-state index contributed by atoms with van der Waals surface area (Å²) >= 11 is 2.17. The van der Waals surface area contributed by atoms with Crippen LogP contribution in [-0.2, 0) is 16.6 Å². The molecule has 0 bridgehead atoms. The van der Waals surface area contributed by atoms with E-state index in [0.29, 0.717) is 23.5 Å².